The molecule has 0 fully saturated rings. The molecule has 0 aromatic heterocycles. The maximum atomic E-state index is 5.28. The first kappa shape index (κ1) is 15.7. The molecule has 0 saturated carbocycles. The maximum Gasteiger partial charge on any atom is 0.0431 e. The highest BCUT2D eigenvalue weighted by Gasteiger charge is 2.00. The summed E-state index contributed by atoms with van der Waals surface area (Å²) in [5.74, 6) is 5.28. The van der Waals surface area contributed by atoms with Crippen LogP contribution in [-0.2, 0) is 0 Å². The molecule has 1 aromatic rings. The smallest absolute Gasteiger partial charge is 0.0431 e. The van der Waals surface area contributed by atoms with Gasteiger partial charge < -0.3 is 0 Å². The minimum Gasteiger partial charge on any atom is -0.271 e. The van der Waals surface area contributed by atoms with Gasteiger partial charge in [-0.05, 0) is 24.6 Å². The van der Waals surface area contributed by atoms with Gasteiger partial charge in [0.25, 0.3) is 0 Å². The Labute approximate surface area is 99.2 Å². The summed E-state index contributed by atoms with van der Waals surface area (Å²) in [5, 5.41) is 0. The third-order valence-electron chi connectivity index (χ3n) is 1.62. The van der Waals surface area contributed by atoms with E-state index in [0.717, 1.165) is 4.47 Å². The van der Waals surface area contributed by atoms with Crippen LogP contribution in [0.25, 0.3) is 0 Å². The number of rotatable bonds is 2. The number of nitrogens with one attached hydrogen (secondary N) is 1. The lowest BCUT2D eigenvalue weighted by Gasteiger charge is -2.09. The molecule has 3 N–H and O–H groups in total. The average molecular weight is 288 g/mol. The van der Waals surface area contributed by atoms with Crippen LogP contribution in [0.2, 0.25) is 0 Å². The van der Waals surface area contributed by atoms with E-state index in [4.69, 9.17) is 5.84 Å². The van der Waals surface area contributed by atoms with Crippen molar-refractivity contribution in [2.45, 2.75) is 13.0 Å². The first-order valence-corrected chi connectivity index (χ1v) is 4.25. The molecule has 0 aliphatic carbocycles. The number of benzene rings is 1. The van der Waals surface area contributed by atoms with E-state index < -0.39 is 0 Å². The molecule has 0 amide bonds. The predicted octanol–water partition coefficient (Wildman–Crippen LogP) is 2.82. The standard InChI is InChI=1S/C8H11BrN2.2ClH/c1-6(11-10)7-2-4-8(9)5-3-7;;/h2-6,11H,10H2,1H3;2*1H. The largest absolute Gasteiger partial charge is 0.271 e. The fourth-order valence-corrected chi connectivity index (χ4v) is 1.11. The molecule has 0 aliphatic heterocycles. The molecule has 0 aliphatic rings. The lowest BCUT2D eigenvalue weighted by atomic mass is 10.1. The van der Waals surface area contributed by atoms with Crippen LogP contribution in [0.5, 0.6) is 0 Å². The fourth-order valence-electron chi connectivity index (χ4n) is 0.848. The van der Waals surface area contributed by atoms with Gasteiger partial charge in [-0.2, -0.15) is 0 Å². The molecule has 76 valence electrons. The Hall–Kier alpha value is 0.200. The summed E-state index contributed by atoms with van der Waals surface area (Å²) in [5.41, 5.74) is 3.88. The second-order valence-corrected chi connectivity index (χ2v) is 3.36. The topological polar surface area (TPSA) is 38.0 Å². The molecule has 1 aromatic carbocycles. The van der Waals surface area contributed by atoms with Crippen molar-refractivity contribution in [1.82, 2.24) is 5.43 Å². The number of hydrogen-bond donors (Lipinski definition) is 2. The van der Waals surface area contributed by atoms with Crippen LogP contribution in [0.1, 0.15) is 18.5 Å². The van der Waals surface area contributed by atoms with Gasteiger partial charge in [-0.1, -0.05) is 28.1 Å². The Morgan fingerprint density at radius 1 is 1.23 bits per heavy atom. The number of hydrogen-bond acceptors (Lipinski definition) is 2. The Bertz CT molecular complexity index is 228. The molecule has 2 nitrogen and oxygen atoms in total. The third kappa shape index (κ3) is 4.84. The Morgan fingerprint density at radius 2 is 1.69 bits per heavy atom. The van der Waals surface area contributed by atoms with Gasteiger partial charge in [0.2, 0.25) is 0 Å². The summed E-state index contributed by atoms with van der Waals surface area (Å²) in [6.07, 6.45) is 0. The van der Waals surface area contributed by atoms with E-state index in [1.807, 2.05) is 31.2 Å². The quantitative estimate of drug-likeness (QED) is 0.648. The normalized spacial score (nSPS) is 11.0. The van der Waals surface area contributed by atoms with Gasteiger partial charge in [0.1, 0.15) is 0 Å². The third-order valence-corrected chi connectivity index (χ3v) is 2.15. The van der Waals surface area contributed by atoms with Crippen LogP contribution >= 0.6 is 40.7 Å². The highest BCUT2D eigenvalue weighted by molar-refractivity contribution is 9.10. The van der Waals surface area contributed by atoms with Crippen molar-refractivity contribution in [1.29, 1.82) is 0 Å². The van der Waals surface area contributed by atoms with Crippen molar-refractivity contribution in [3.63, 3.8) is 0 Å². The van der Waals surface area contributed by atoms with Gasteiger partial charge in [-0.15, -0.1) is 24.8 Å². The van der Waals surface area contributed by atoms with E-state index >= 15 is 0 Å². The Morgan fingerprint density at radius 3 is 2.08 bits per heavy atom. The van der Waals surface area contributed by atoms with E-state index in [9.17, 15) is 0 Å². The molecular formula is C8H13BrCl2N2. The number of halogens is 3. The molecule has 0 radical (unpaired) electrons. The van der Waals surface area contributed by atoms with E-state index in [1.54, 1.807) is 0 Å². The van der Waals surface area contributed by atoms with Gasteiger partial charge in [-0.3, -0.25) is 11.3 Å². The van der Waals surface area contributed by atoms with Crippen LogP contribution in [0.15, 0.2) is 28.7 Å². The summed E-state index contributed by atoms with van der Waals surface area (Å²) in [7, 11) is 0. The second kappa shape index (κ2) is 7.59. The zero-order chi connectivity index (χ0) is 8.27. The van der Waals surface area contributed by atoms with Crippen molar-refractivity contribution in [2.24, 2.45) is 5.84 Å². The molecule has 0 spiro atoms. The van der Waals surface area contributed by atoms with Crippen molar-refractivity contribution in [3.05, 3.63) is 34.3 Å². The lowest BCUT2D eigenvalue weighted by Crippen LogP contribution is -2.25. The molecule has 0 saturated heterocycles. The summed E-state index contributed by atoms with van der Waals surface area (Å²) in [4.78, 5) is 0. The minimum atomic E-state index is 0. The summed E-state index contributed by atoms with van der Waals surface area (Å²) < 4.78 is 1.09. The van der Waals surface area contributed by atoms with Crippen LogP contribution in [0.3, 0.4) is 0 Å². The Kier molecular flexibility index (Phi) is 9.14. The molecule has 0 bridgehead atoms. The highest BCUT2D eigenvalue weighted by Crippen LogP contribution is 2.15. The molecule has 13 heavy (non-hydrogen) atoms. The first-order valence-electron chi connectivity index (χ1n) is 3.45. The summed E-state index contributed by atoms with van der Waals surface area (Å²) in [6.45, 7) is 2.02. The molecule has 0 heterocycles. The summed E-state index contributed by atoms with van der Waals surface area (Å²) in [6, 6.07) is 8.29. The van der Waals surface area contributed by atoms with Gasteiger partial charge in [-0.25, -0.2) is 0 Å². The lowest BCUT2D eigenvalue weighted by molar-refractivity contribution is 0.602. The van der Waals surface area contributed by atoms with E-state index in [2.05, 4.69) is 21.4 Å². The molecule has 1 rings (SSSR count). The zero-order valence-corrected chi connectivity index (χ0v) is 10.4. The highest BCUT2D eigenvalue weighted by atomic mass is 79.9. The fraction of sp³-hybridized carbons (Fsp3) is 0.250. The average Bonchev–Trinajstić information content (AvgIpc) is 2.05. The van der Waals surface area contributed by atoms with Crippen LogP contribution < -0.4 is 11.3 Å². The van der Waals surface area contributed by atoms with Crippen molar-refractivity contribution in [3.8, 4) is 0 Å². The van der Waals surface area contributed by atoms with Gasteiger partial charge in [0, 0.05) is 10.5 Å². The molecule has 1 unspecified atom stereocenters. The molecule has 5 heteroatoms. The predicted molar refractivity (Wildman–Crippen MR) is 64.4 cm³/mol. The summed E-state index contributed by atoms with van der Waals surface area (Å²) >= 11 is 3.36. The second-order valence-electron chi connectivity index (χ2n) is 2.44. The Balaban J connectivity index is 0. The van der Waals surface area contributed by atoms with Crippen molar-refractivity contribution in [2.75, 3.05) is 0 Å². The SMILES string of the molecule is CC(NN)c1ccc(Br)cc1.Cl.Cl. The number of hydrazine groups is 1. The van der Waals surface area contributed by atoms with E-state index in [-0.39, 0.29) is 30.9 Å². The van der Waals surface area contributed by atoms with Crippen LogP contribution in [0.4, 0.5) is 0 Å². The van der Waals surface area contributed by atoms with Gasteiger partial charge in [0.15, 0.2) is 0 Å². The van der Waals surface area contributed by atoms with Crippen molar-refractivity contribution >= 4 is 40.7 Å². The zero-order valence-electron chi connectivity index (χ0n) is 7.16. The minimum absolute atomic E-state index is 0. The van der Waals surface area contributed by atoms with Crippen molar-refractivity contribution < 1.29 is 0 Å². The van der Waals surface area contributed by atoms with E-state index in [0.29, 0.717) is 0 Å². The monoisotopic (exact) mass is 286 g/mol. The molecule has 1 atom stereocenters. The van der Waals surface area contributed by atoms with Gasteiger partial charge in [0.05, 0.1) is 0 Å². The van der Waals surface area contributed by atoms with Gasteiger partial charge >= 0.3 is 0 Å². The van der Waals surface area contributed by atoms with Crippen LogP contribution in [-0.4, -0.2) is 0 Å². The first-order chi connectivity index (χ1) is 5.24. The molecular weight excluding hydrogens is 275 g/mol. The maximum absolute atomic E-state index is 5.28. The van der Waals surface area contributed by atoms with E-state index in [1.165, 1.54) is 5.56 Å². The van der Waals surface area contributed by atoms with Crippen LogP contribution in [0, 0.1) is 0 Å². The number of nitrogens with two attached hydrogens (primary N) is 1.